The average Bonchev–Trinajstić information content (AvgIpc) is 2.36. The molecule has 1 saturated heterocycles. The monoisotopic (exact) mass is 264 g/mol. The van der Waals surface area contributed by atoms with Gasteiger partial charge in [-0.1, -0.05) is 6.92 Å². The summed E-state index contributed by atoms with van der Waals surface area (Å²) in [5.41, 5.74) is 6.97. The Labute approximate surface area is 113 Å². The topological polar surface area (TPSA) is 46.3 Å². The second kappa shape index (κ2) is 5.70. The summed E-state index contributed by atoms with van der Waals surface area (Å²) < 4.78 is 13.4. The van der Waals surface area contributed by atoms with Crippen molar-refractivity contribution in [2.24, 2.45) is 11.7 Å². The normalized spacial score (nSPS) is 23.5. The Morgan fingerprint density at radius 3 is 2.84 bits per heavy atom. The van der Waals surface area contributed by atoms with Gasteiger partial charge in [0, 0.05) is 24.7 Å². The number of carbonyl (C=O) groups excluding carboxylic acids is 1. The van der Waals surface area contributed by atoms with Gasteiger partial charge in [-0.25, -0.2) is 4.39 Å². The first-order valence-corrected chi connectivity index (χ1v) is 6.81. The maximum Gasteiger partial charge on any atom is 0.254 e. The molecule has 0 saturated carbocycles. The van der Waals surface area contributed by atoms with Crippen LogP contribution in [-0.4, -0.2) is 29.9 Å². The molecule has 0 aliphatic carbocycles. The first kappa shape index (κ1) is 14.0. The molecule has 2 rings (SSSR count). The molecule has 1 heterocycles. The fourth-order valence-electron chi connectivity index (χ4n) is 2.89. The number of amides is 1. The Balaban J connectivity index is 2.26. The first-order chi connectivity index (χ1) is 9.02. The standard InChI is InChI=1S/C15H21FN2O/c1-10-6-12(8-13(16)7-10)15(19)18-5-3-4-11(2)14(18)9-17/h6-8,11,14H,3-5,9,17H2,1-2H3/t11-,14-/m1/s1. The second-order valence-corrected chi connectivity index (χ2v) is 5.44. The van der Waals surface area contributed by atoms with Gasteiger partial charge in [-0.05, 0) is 49.4 Å². The molecule has 1 aromatic carbocycles. The third-order valence-corrected chi connectivity index (χ3v) is 3.91. The molecule has 0 spiro atoms. The molecule has 19 heavy (non-hydrogen) atoms. The van der Waals surface area contributed by atoms with Crippen molar-refractivity contribution in [3.63, 3.8) is 0 Å². The van der Waals surface area contributed by atoms with Crippen LogP contribution in [0.5, 0.6) is 0 Å². The minimum atomic E-state index is -0.363. The predicted molar refractivity (Wildman–Crippen MR) is 73.4 cm³/mol. The lowest BCUT2D eigenvalue weighted by molar-refractivity contribution is 0.0532. The number of rotatable bonds is 2. The Hall–Kier alpha value is -1.42. The van der Waals surface area contributed by atoms with E-state index in [0.717, 1.165) is 18.4 Å². The van der Waals surface area contributed by atoms with Crippen molar-refractivity contribution in [3.05, 3.63) is 35.1 Å². The van der Waals surface area contributed by atoms with E-state index in [-0.39, 0.29) is 17.8 Å². The van der Waals surface area contributed by atoms with Gasteiger partial charge in [-0.15, -0.1) is 0 Å². The maximum absolute atomic E-state index is 13.4. The van der Waals surface area contributed by atoms with E-state index in [9.17, 15) is 9.18 Å². The zero-order valence-corrected chi connectivity index (χ0v) is 11.5. The number of halogens is 1. The predicted octanol–water partition coefficient (Wildman–Crippen LogP) is 2.33. The fraction of sp³-hybridized carbons (Fsp3) is 0.533. The second-order valence-electron chi connectivity index (χ2n) is 5.44. The summed E-state index contributed by atoms with van der Waals surface area (Å²) >= 11 is 0. The summed E-state index contributed by atoms with van der Waals surface area (Å²) in [5, 5.41) is 0. The molecule has 1 amide bonds. The number of hydrogen-bond acceptors (Lipinski definition) is 2. The Kier molecular flexibility index (Phi) is 4.20. The number of aryl methyl sites for hydroxylation is 1. The summed E-state index contributed by atoms with van der Waals surface area (Å²) in [6.07, 6.45) is 2.07. The molecule has 3 nitrogen and oxygen atoms in total. The highest BCUT2D eigenvalue weighted by Gasteiger charge is 2.31. The van der Waals surface area contributed by atoms with Gasteiger partial charge in [-0.2, -0.15) is 0 Å². The lowest BCUT2D eigenvalue weighted by atomic mass is 9.90. The largest absolute Gasteiger partial charge is 0.334 e. The van der Waals surface area contributed by atoms with Crippen LogP contribution in [0.3, 0.4) is 0 Å². The number of nitrogens with two attached hydrogens (primary N) is 1. The van der Waals surface area contributed by atoms with Crippen molar-refractivity contribution in [3.8, 4) is 0 Å². The van der Waals surface area contributed by atoms with Gasteiger partial charge < -0.3 is 10.6 Å². The van der Waals surface area contributed by atoms with E-state index in [2.05, 4.69) is 6.92 Å². The van der Waals surface area contributed by atoms with Gasteiger partial charge in [0.15, 0.2) is 0 Å². The summed E-state index contributed by atoms with van der Waals surface area (Å²) in [5.74, 6) is -0.0698. The van der Waals surface area contributed by atoms with Crippen LogP contribution in [0.2, 0.25) is 0 Å². The lowest BCUT2D eigenvalue weighted by Crippen LogP contribution is -2.51. The molecular formula is C15H21FN2O. The quantitative estimate of drug-likeness (QED) is 0.891. The molecule has 1 aliphatic heterocycles. The first-order valence-electron chi connectivity index (χ1n) is 6.81. The smallest absolute Gasteiger partial charge is 0.254 e. The van der Waals surface area contributed by atoms with E-state index in [1.807, 2.05) is 4.90 Å². The highest BCUT2D eigenvalue weighted by molar-refractivity contribution is 5.94. The van der Waals surface area contributed by atoms with Gasteiger partial charge in [0.05, 0.1) is 0 Å². The summed E-state index contributed by atoms with van der Waals surface area (Å²) in [6.45, 7) is 5.08. The van der Waals surface area contributed by atoms with E-state index >= 15 is 0 Å². The molecule has 1 aromatic rings. The average molecular weight is 264 g/mol. The van der Waals surface area contributed by atoms with E-state index in [0.29, 0.717) is 24.6 Å². The molecule has 0 aromatic heterocycles. The van der Waals surface area contributed by atoms with Gasteiger partial charge >= 0.3 is 0 Å². The van der Waals surface area contributed by atoms with Crippen LogP contribution in [0, 0.1) is 18.7 Å². The summed E-state index contributed by atoms with van der Waals surface area (Å²) in [7, 11) is 0. The Morgan fingerprint density at radius 1 is 1.47 bits per heavy atom. The molecule has 0 radical (unpaired) electrons. The van der Waals surface area contributed by atoms with Gasteiger partial charge in [-0.3, -0.25) is 4.79 Å². The lowest BCUT2D eigenvalue weighted by Gasteiger charge is -2.39. The molecule has 1 fully saturated rings. The molecular weight excluding hydrogens is 243 g/mol. The Bertz CT molecular complexity index is 455. The van der Waals surface area contributed by atoms with Crippen LogP contribution < -0.4 is 5.73 Å². The fourth-order valence-corrected chi connectivity index (χ4v) is 2.89. The molecule has 104 valence electrons. The van der Waals surface area contributed by atoms with Crippen LogP contribution in [0.4, 0.5) is 4.39 Å². The third-order valence-electron chi connectivity index (χ3n) is 3.91. The van der Waals surface area contributed by atoms with E-state index in [1.165, 1.54) is 12.1 Å². The van der Waals surface area contributed by atoms with Crippen LogP contribution in [0.1, 0.15) is 35.7 Å². The van der Waals surface area contributed by atoms with Crippen LogP contribution in [0.15, 0.2) is 18.2 Å². The zero-order chi connectivity index (χ0) is 14.0. The minimum absolute atomic E-state index is 0.0600. The van der Waals surface area contributed by atoms with Crippen molar-refractivity contribution in [2.75, 3.05) is 13.1 Å². The van der Waals surface area contributed by atoms with Crippen LogP contribution >= 0.6 is 0 Å². The van der Waals surface area contributed by atoms with Crippen LogP contribution in [-0.2, 0) is 0 Å². The van der Waals surface area contributed by atoms with Crippen molar-refractivity contribution < 1.29 is 9.18 Å². The zero-order valence-electron chi connectivity index (χ0n) is 11.5. The summed E-state index contributed by atoms with van der Waals surface area (Å²) in [4.78, 5) is 14.3. The molecule has 1 aliphatic rings. The number of likely N-dealkylation sites (tertiary alicyclic amines) is 1. The van der Waals surface area contributed by atoms with Gasteiger partial charge in [0.1, 0.15) is 5.82 Å². The van der Waals surface area contributed by atoms with Crippen molar-refractivity contribution >= 4 is 5.91 Å². The molecule has 0 unspecified atom stereocenters. The molecule has 2 atom stereocenters. The van der Waals surface area contributed by atoms with Crippen molar-refractivity contribution in [2.45, 2.75) is 32.7 Å². The van der Waals surface area contributed by atoms with Crippen LogP contribution in [0.25, 0.3) is 0 Å². The number of hydrogen-bond donors (Lipinski definition) is 1. The summed E-state index contributed by atoms with van der Waals surface area (Å²) in [6, 6.07) is 4.53. The number of nitrogens with zero attached hydrogens (tertiary/aromatic N) is 1. The maximum atomic E-state index is 13.4. The number of carbonyl (C=O) groups is 1. The number of piperidine rings is 1. The van der Waals surface area contributed by atoms with E-state index < -0.39 is 0 Å². The van der Waals surface area contributed by atoms with E-state index in [1.54, 1.807) is 13.0 Å². The van der Waals surface area contributed by atoms with Gasteiger partial charge in [0.25, 0.3) is 5.91 Å². The Morgan fingerprint density at radius 2 is 2.21 bits per heavy atom. The molecule has 0 bridgehead atoms. The molecule has 4 heteroatoms. The highest BCUT2D eigenvalue weighted by atomic mass is 19.1. The third kappa shape index (κ3) is 2.95. The molecule has 2 N–H and O–H groups in total. The van der Waals surface area contributed by atoms with Crippen molar-refractivity contribution in [1.82, 2.24) is 4.90 Å². The number of benzene rings is 1. The van der Waals surface area contributed by atoms with Crippen molar-refractivity contribution in [1.29, 1.82) is 0 Å². The van der Waals surface area contributed by atoms with Gasteiger partial charge in [0.2, 0.25) is 0 Å². The minimum Gasteiger partial charge on any atom is -0.334 e. The highest BCUT2D eigenvalue weighted by Crippen LogP contribution is 2.24. The SMILES string of the molecule is Cc1cc(F)cc(C(=O)N2CCC[C@@H](C)[C@H]2CN)c1. The van der Waals surface area contributed by atoms with E-state index in [4.69, 9.17) is 5.73 Å².